The standard InChI is InChI=1S/C22H36O4/c1-4-7-9-11-18(21(24)25)20-17(12-13-19(20)23)14-16-22(26,6-3)15-10-8-5-2/h3,14,16-20,23,26H,4-5,7-13,15H2,1-2H3,(H,24,25)/t17-,18?,19-,20-,22-/m1/s1. The molecule has 0 bridgehead atoms. The molecule has 1 rings (SSSR count). The van der Waals surface area contributed by atoms with E-state index in [4.69, 9.17) is 6.42 Å². The van der Waals surface area contributed by atoms with E-state index >= 15 is 0 Å². The van der Waals surface area contributed by atoms with E-state index in [0.29, 0.717) is 19.3 Å². The quantitative estimate of drug-likeness (QED) is 0.276. The highest BCUT2D eigenvalue weighted by molar-refractivity contribution is 5.70. The van der Waals surface area contributed by atoms with Gasteiger partial charge in [-0.05, 0) is 44.1 Å². The maximum Gasteiger partial charge on any atom is 0.306 e. The van der Waals surface area contributed by atoms with Crippen molar-refractivity contribution in [2.45, 2.75) is 89.8 Å². The largest absolute Gasteiger partial charge is 0.481 e. The first-order valence-electron chi connectivity index (χ1n) is 10.2. The lowest BCUT2D eigenvalue weighted by atomic mass is 9.79. The molecule has 1 unspecified atom stereocenters. The van der Waals surface area contributed by atoms with Crippen LogP contribution >= 0.6 is 0 Å². The smallest absolute Gasteiger partial charge is 0.306 e. The van der Waals surface area contributed by atoms with Crippen LogP contribution in [0.25, 0.3) is 0 Å². The molecule has 148 valence electrons. The minimum Gasteiger partial charge on any atom is -0.481 e. The second-order valence-electron chi connectivity index (χ2n) is 7.71. The number of rotatable bonds is 12. The van der Waals surface area contributed by atoms with E-state index in [0.717, 1.165) is 44.9 Å². The SMILES string of the molecule is C#C[C@](O)(C=C[C@H]1CC[C@@H](O)[C@H]1C(CCCCC)C(=O)O)CCCCC. The number of carbonyl (C=O) groups is 1. The van der Waals surface area contributed by atoms with Crippen molar-refractivity contribution < 1.29 is 20.1 Å². The number of allylic oxidation sites excluding steroid dienone is 1. The summed E-state index contributed by atoms with van der Waals surface area (Å²) in [5.74, 6) is 0.726. The van der Waals surface area contributed by atoms with Crippen molar-refractivity contribution in [3.63, 3.8) is 0 Å². The van der Waals surface area contributed by atoms with Crippen molar-refractivity contribution in [1.29, 1.82) is 0 Å². The highest BCUT2D eigenvalue weighted by Crippen LogP contribution is 2.40. The van der Waals surface area contributed by atoms with E-state index in [-0.39, 0.29) is 11.8 Å². The predicted octanol–water partition coefficient (Wildman–Crippen LogP) is 4.16. The lowest BCUT2D eigenvalue weighted by molar-refractivity contribution is -0.146. The van der Waals surface area contributed by atoms with Crippen LogP contribution in [0.4, 0.5) is 0 Å². The number of hydrogen-bond donors (Lipinski definition) is 3. The van der Waals surface area contributed by atoms with E-state index in [1.807, 2.05) is 6.08 Å². The van der Waals surface area contributed by atoms with Crippen molar-refractivity contribution in [3.05, 3.63) is 12.2 Å². The van der Waals surface area contributed by atoms with Gasteiger partial charge in [0.2, 0.25) is 0 Å². The van der Waals surface area contributed by atoms with Gasteiger partial charge in [-0.3, -0.25) is 4.79 Å². The second kappa shape index (κ2) is 11.4. The topological polar surface area (TPSA) is 77.8 Å². The molecule has 0 aromatic heterocycles. The normalized spacial score (nSPS) is 26.5. The summed E-state index contributed by atoms with van der Waals surface area (Å²) in [7, 11) is 0. The van der Waals surface area contributed by atoms with E-state index in [1.54, 1.807) is 6.08 Å². The Kier molecular flexibility index (Phi) is 9.98. The first-order valence-corrected chi connectivity index (χ1v) is 10.2. The van der Waals surface area contributed by atoms with Gasteiger partial charge in [-0.1, -0.05) is 57.9 Å². The number of terminal acetylenes is 1. The number of carboxylic acid groups (broad SMARTS) is 1. The van der Waals surface area contributed by atoms with Gasteiger partial charge in [-0.15, -0.1) is 6.42 Å². The maximum atomic E-state index is 11.8. The van der Waals surface area contributed by atoms with Crippen molar-refractivity contribution in [3.8, 4) is 12.3 Å². The van der Waals surface area contributed by atoms with Crippen molar-refractivity contribution in [1.82, 2.24) is 0 Å². The van der Waals surface area contributed by atoms with Crippen molar-refractivity contribution in [2.24, 2.45) is 17.8 Å². The van der Waals surface area contributed by atoms with Crippen LogP contribution in [-0.4, -0.2) is 33.0 Å². The van der Waals surface area contributed by atoms with Gasteiger partial charge in [0.05, 0.1) is 12.0 Å². The molecule has 0 aromatic rings. The summed E-state index contributed by atoms with van der Waals surface area (Å²) in [5, 5.41) is 30.6. The molecular formula is C22H36O4. The molecule has 4 heteroatoms. The Balaban J connectivity index is 2.85. The van der Waals surface area contributed by atoms with Crippen molar-refractivity contribution >= 4 is 5.97 Å². The third kappa shape index (κ3) is 6.78. The summed E-state index contributed by atoms with van der Waals surface area (Å²) < 4.78 is 0. The molecule has 0 heterocycles. The zero-order chi connectivity index (χ0) is 19.6. The molecule has 1 fully saturated rings. The van der Waals surface area contributed by atoms with Crippen molar-refractivity contribution in [2.75, 3.05) is 0 Å². The molecule has 4 nitrogen and oxygen atoms in total. The van der Waals surface area contributed by atoms with Gasteiger partial charge in [0.25, 0.3) is 0 Å². The molecule has 3 N–H and O–H groups in total. The molecule has 26 heavy (non-hydrogen) atoms. The van der Waals surface area contributed by atoms with E-state index in [1.165, 1.54) is 0 Å². The van der Waals surface area contributed by atoms with Gasteiger partial charge in [-0.2, -0.15) is 0 Å². The predicted molar refractivity (Wildman–Crippen MR) is 105 cm³/mol. The van der Waals surface area contributed by atoms with Gasteiger partial charge < -0.3 is 15.3 Å². The molecule has 0 aromatic carbocycles. The van der Waals surface area contributed by atoms with Crippen LogP contribution in [0.1, 0.15) is 78.1 Å². The molecule has 0 aliphatic heterocycles. The number of aliphatic hydroxyl groups excluding tert-OH is 1. The molecule has 1 aliphatic rings. The third-order valence-electron chi connectivity index (χ3n) is 5.67. The monoisotopic (exact) mass is 364 g/mol. The van der Waals surface area contributed by atoms with Crippen LogP contribution in [0.15, 0.2) is 12.2 Å². The fraction of sp³-hybridized carbons (Fsp3) is 0.773. The van der Waals surface area contributed by atoms with E-state index < -0.39 is 23.6 Å². The van der Waals surface area contributed by atoms with Gasteiger partial charge >= 0.3 is 5.97 Å². The summed E-state index contributed by atoms with van der Waals surface area (Å²) in [6.07, 6.45) is 16.7. The van der Waals surface area contributed by atoms with Crippen LogP contribution in [0.5, 0.6) is 0 Å². The average Bonchev–Trinajstić information content (AvgIpc) is 2.97. The van der Waals surface area contributed by atoms with Gasteiger partial charge in [0.15, 0.2) is 0 Å². The number of carboxylic acids is 1. The highest BCUT2D eigenvalue weighted by atomic mass is 16.4. The zero-order valence-corrected chi connectivity index (χ0v) is 16.4. The molecule has 5 atom stereocenters. The van der Waals surface area contributed by atoms with Crippen LogP contribution in [0.3, 0.4) is 0 Å². The summed E-state index contributed by atoms with van der Waals surface area (Å²) in [4.78, 5) is 11.8. The fourth-order valence-corrected chi connectivity index (χ4v) is 4.05. The van der Waals surface area contributed by atoms with Crippen LogP contribution in [0.2, 0.25) is 0 Å². The molecular weight excluding hydrogens is 328 g/mol. The Hall–Kier alpha value is -1.31. The van der Waals surface area contributed by atoms with Gasteiger partial charge in [-0.25, -0.2) is 0 Å². The van der Waals surface area contributed by atoms with E-state index in [9.17, 15) is 20.1 Å². The Morgan fingerprint density at radius 1 is 1.23 bits per heavy atom. The molecule has 0 saturated heterocycles. The van der Waals surface area contributed by atoms with Crippen LogP contribution in [-0.2, 0) is 4.79 Å². The van der Waals surface area contributed by atoms with E-state index in [2.05, 4.69) is 19.8 Å². The third-order valence-corrected chi connectivity index (χ3v) is 5.67. The molecule has 0 spiro atoms. The second-order valence-corrected chi connectivity index (χ2v) is 7.71. The first-order chi connectivity index (χ1) is 12.4. The number of unbranched alkanes of at least 4 members (excludes halogenated alkanes) is 4. The summed E-state index contributed by atoms with van der Waals surface area (Å²) in [5.41, 5.74) is -1.28. The number of aliphatic carboxylic acids is 1. The summed E-state index contributed by atoms with van der Waals surface area (Å²) >= 11 is 0. The molecule has 1 saturated carbocycles. The molecule has 0 radical (unpaired) electrons. The fourth-order valence-electron chi connectivity index (χ4n) is 4.05. The minimum absolute atomic E-state index is 0.0567. The summed E-state index contributed by atoms with van der Waals surface area (Å²) in [6.45, 7) is 4.19. The average molecular weight is 365 g/mol. The zero-order valence-electron chi connectivity index (χ0n) is 16.4. The Bertz CT molecular complexity index is 493. The lowest BCUT2D eigenvalue weighted by Gasteiger charge is -2.27. The Labute approximate surface area is 158 Å². The molecule has 1 aliphatic carbocycles. The van der Waals surface area contributed by atoms with Gasteiger partial charge in [0.1, 0.15) is 5.60 Å². The minimum atomic E-state index is -1.28. The number of hydrogen-bond acceptors (Lipinski definition) is 3. The lowest BCUT2D eigenvalue weighted by Crippen LogP contribution is -2.33. The summed E-state index contributed by atoms with van der Waals surface area (Å²) in [6, 6.07) is 0. The van der Waals surface area contributed by atoms with Gasteiger partial charge in [0, 0.05) is 5.92 Å². The van der Waals surface area contributed by atoms with Crippen LogP contribution in [0, 0.1) is 30.1 Å². The highest BCUT2D eigenvalue weighted by Gasteiger charge is 2.42. The Morgan fingerprint density at radius 2 is 1.88 bits per heavy atom. The molecule has 0 amide bonds. The first kappa shape index (κ1) is 22.7. The number of aliphatic hydroxyl groups is 2. The maximum absolute atomic E-state index is 11.8. The van der Waals surface area contributed by atoms with Crippen LogP contribution < -0.4 is 0 Å². The Morgan fingerprint density at radius 3 is 2.46 bits per heavy atom.